The number of nitrogens with two attached hydrogens (primary N) is 1. The molecule has 0 unspecified atom stereocenters. The summed E-state index contributed by atoms with van der Waals surface area (Å²) in [6, 6.07) is 4.36. The van der Waals surface area contributed by atoms with Crippen molar-refractivity contribution in [2.24, 2.45) is 0 Å². The molecular formula is C13H18N4. The van der Waals surface area contributed by atoms with Gasteiger partial charge in [0, 0.05) is 18.8 Å². The van der Waals surface area contributed by atoms with Crippen molar-refractivity contribution in [3.8, 4) is 6.07 Å². The van der Waals surface area contributed by atoms with Crippen LogP contribution in [0.3, 0.4) is 0 Å². The van der Waals surface area contributed by atoms with Crippen LogP contribution in [0.5, 0.6) is 0 Å². The minimum absolute atomic E-state index is 0.525. The van der Waals surface area contributed by atoms with Crippen molar-refractivity contribution in [3.63, 3.8) is 0 Å². The van der Waals surface area contributed by atoms with Gasteiger partial charge in [-0.25, -0.2) is 4.98 Å². The van der Waals surface area contributed by atoms with Gasteiger partial charge in [-0.2, -0.15) is 5.26 Å². The highest BCUT2D eigenvalue weighted by Crippen LogP contribution is 2.34. The van der Waals surface area contributed by atoms with Crippen LogP contribution in [0.4, 0.5) is 11.5 Å². The van der Waals surface area contributed by atoms with Crippen LogP contribution in [0, 0.1) is 11.3 Å². The molecular weight excluding hydrogens is 212 g/mol. The number of nitrogens with zero attached hydrogens (tertiary/aromatic N) is 3. The Balaban J connectivity index is 2.26. The molecule has 1 aromatic rings. The fraction of sp³-hybridized carbons (Fsp3) is 0.538. The summed E-state index contributed by atoms with van der Waals surface area (Å²) in [5.74, 6) is 0.792. The van der Waals surface area contributed by atoms with Crippen LogP contribution in [0.25, 0.3) is 0 Å². The van der Waals surface area contributed by atoms with Gasteiger partial charge in [0.1, 0.15) is 6.07 Å². The summed E-state index contributed by atoms with van der Waals surface area (Å²) in [6.07, 6.45) is 6.38. The Labute approximate surface area is 102 Å². The Morgan fingerprint density at radius 1 is 1.59 bits per heavy atom. The number of anilines is 2. The predicted molar refractivity (Wildman–Crippen MR) is 68.6 cm³/mol. The number of nitrogen functional groups attached to an aromatic ring is 1. The van der Waals surface area contributed by atoms with E-state index >= 15 is 0 Å². The summed E-state index contributed by atoms with van der Waals surface area (Å²) in [5.41, 5.74) is 7.06. The van der Waals surface area contributed by atoms with Crippen LogP contribution < -0.4 is 10.6 Å². The quantitative estimate of drug-likeness (QED) is 0.843. The lowest BCUT2D eigenvalue weighted by Crippen LogP contribution is -2.28. The molecule has 0 spiro atoms. The van der Waals surface area contributed by atoms with Crippen molar-refractivity contribution in [2.45, 2.75) is 38.6 Å². The zero-order valence-corrected chi connectivity index (χ0v) is 10.2. The molecule has 1 aromatic heterocycles. The molecule has 90 valence electrons. The molecule has 0 aromatic carbocycles. The third kappa shape index (κ3) is 2.50. The number of unbranched alkanes of at least 4 members (excludes halogenated alkanes) is 1. The van der Waals surface area contributed by atoms with Crippen molar-refractivity contribution in [1.82, 2.24) is 4.98 Å². The lowest BCUT2D eigenvalue weighted by Gasteiger charge is -2.24. The normalized spacial score (nSPS) is 14.4. The second kappa shape index (κ2) is 5.05. The summed E-state index contributed by atoms with van der Waals surface area (Å²) >= 11 is 0. The zero-order valence-electron chi connectivity index (χ0n) is 10.2. The number of pyridine rings is 1. The molecule has 0 atom stereocenters. The molecule has 1 heterocycles. The van der Waals surface area contributed by atoms with Crippen LogP contribution in [-0.4, -0.2) is 17.6 Å². The molecule has 0 saturated heterocycles. The number of rotatable bonds is 5. The van der Waals surface area contributed by atoms with Crippen LogP contribution in [-0.2, 0) is 0 Å². The number of hydrogen-bond donors (Lipinski definition) is 1. The van der Waals surface area contributed by atoms with Gasteiger partial charge in [0.15, 0.2) is 5.82 Å². The summed E-state index contributed by atoms with van der Waals surface area (Å²) in [7, 11) is 0. The molecule has 1 aliphatic rings. The number of hydrogen-bond acceptors (Lipinski definition) is 4. The van der Waals surface area contributed by atoms with E-state index in [1.165, 1.54) is 12.8 Å². The number of aromatic nitrogens is 1. The van der Waals surface area contributed by atoms with Gasteiger partial charge in [-0.15, -0.1) is 0 Å². The summed E-state index contributed by atoms with van der Waals surface area (Å²) in [4.78, 5) is 6.61. The monoisotopic (exact) mass is 230 g/mol. The van der Waals surface area contributed by atoms with Gasteiger partial charge < -0.3 is 10.6 Å². The van der Waals surface area contributed by atoms with E-state index < -0.39 is 0 Å². The van der Waals surface area contributed by atoms with Crippen LogP contribution >= 0.6 is 0 Å². The summed E-state index contributed by atoms with van der Waals surface area (Å²) < 4.78 is 0. The van der Waals surface area contributed by atoms with E-state index in [9.17, 15) is 0 Å². The maximum absolute atomic E-state index is 8.98. The first-order chi connectivity index (χ1) is 8.27. The molecule has 0 aliphatic heterocycles. The number of nitriles is 1. The minimum atomic E-state index is 0.525. The smallest absolute Gasteiger partial charge is 0.153 e. The Morgan fingerprint density at radius 2 is 2.35 bits per heavy atom. The first-order valence-electron chi connectivity index (χ1n) is 6.19. The largest absolute Gasteiger partial charge is 0.395 e. The topological polar surface area (TPSA) is 65.9 Å². The molecule has 17 heavy (non-hydrogen) atoms. The van der Waals surface area contributed by atoms with Crippen molar-refractivity contribution in [1.29, 1.82) is 5.26 Å². The molecule has 2 rings (SSSR count). The molecule has 1 aliphatic carbocycles. The van der Waals surface area contributed by atoms with Gasteiger partial charge in [-0.1, -0.05) is 13.3 Å². The molecule has 0 radical (unpaired) electrons. The lowest BCUT2D eigenvalue weighted by atomic mass is 10.2. The fourth-order valence-corrected chi connectivity index (χ4v) is 1.96. The average molecular weight is 230 g/mol. The standard InChI is InChI=1S/C13H18N4/c1-2-3-8-17(11-4-5-11)13-12(15)10(9-14)6-7-16-13/h6-7,11H,2-5,8,15H2,1H3. The lowest BCUT2D eigenvalue weighted by molar-refractivity contribution is 0.705. The molecule has 0 bridgehead atoms. The zero-order chi connectivity index (χ0) is 12.3. The highest BCUT2D eigenvalue weighted by molar-refractivity contribution is 5.70. The third-order valence-corrected chi connectivity index (χ3v) is 3.10. The SMILES string of the molecule is CCCCN(c1nccc(C#N)c1N)C1CC1. The fourth-order valence-electron chi connectivity index (χ4n) is 1.96. The molecule has 0 amide bonds. The van der Waals surface area contributed by atoms with Gasteiger partial charge >= 0.3 is 0 Å². The van der Waals surface area contributed by atoms with E-state index in [0.717, 1.165) is 25.2 Å². The summed E-state index contributed by atoms with van der Waals surface area (Å²) in [5, 5.41) is 8.98. The Bertz CT molecular complexity index is 432. The summed E-state index contributed by atoms with van der Waals surface area (Å²) in [6.45, 7) is 3.15. The van der Waals surface area contributed by atoms with Gasteiger partial charge in [0.2, 0.25) is 0 Å². The molecule has 4 nitrogen and oxygen atoms in total. The van der Waals surface area contributed by atoms with E-state index in [4.69, 9.17) is 11.0 Å². The Hall–Kier alpha value is -1.76. The van der Waals surface area contributed by atoms with Crippen LogP contribution in [0.2, 0.25) is 0 Å². The van der Waals surface area contributed by atoms with Gasteiger partial charge in [0.25, 0.3) is 0 Å². The molecule has 1 fully saturated rings. The van der Waals surface area contributed by atoms with E-state index in [1.807, 2.05) is 0 Å². The predicted octanol–water partition coefficient (Wildman–Crippen LogP) is 2.30. The van der Waals surface area contributed by atoms with Gasteiger partial charge in [-0.3, -0.25) is 0 Å². The second-order valence-electron chi connectivity index (χ2n) is 4.49. The first-order valence-corrected chi connectivity index (χ1v) is 6.19. The molecule has 1 saturated carbocycles. The van der Waals surface area contributed by atoms with Gasteiger partial charge in [0.05, 0.1) is 11.3 Å². The Kier molecular flexibility index (Phi) is 3.48. The first kappa shape index (κ1) is 11.7. The van der Waals surface area contributed by atoms with E-state index in [1.54, 1.807) is 12.3 Å². The maximum Gasteiger partial charge on any atom is 0.153 e. The minimum Gasteiger partial charge on any atom is -0.395 e. The van der Waals surface area contributed by atoms with E-state index in [-0.39, 0.29) is 0 Å². The average Bonchev–Trinajstić information content (AvgIpc) is 3.16. The van der Waals surface area contributed by atoms with Gasteiger partial charge in [-0.05, 0) is 25.3 Å². The second-order valence-corrected chi connectivity index (χ2v) is 4.49. The van der Waals surface area contributed by atoms with Crippen molar-refractivity contribution in [3.05, 3.63) is 17.8 Å². The highest BCUT2D eigenvalue weighted by Gasteiger charge is 2.30. The third-order valence-electron chi connectivity index (χ3n) is 3.10. The van der Waals surface area contributed by atoms with E-state index in [2.05, 4.69) is 22.9 Å². The molecule has 4 heteroatoms. The van der Waals surface area contributed by atoms with Crippen LogP contribution in [0.1, 0.15) is 38.2 Å². The Morgan fingerprint density at radius 3 is 2.94 bits per heavy atom. The highest BCUT2D eigenvalue weighted by atomic mass is 15.2. The van der Waals surface area contributed by atoms with Crippen molar-refractivity contribution < 1.29 is 0 Å². The maximum atomic E-state index is 8.98. The van der Waals surface area contributed by atoms with Crippen molar-refractivity contribution >= 4 is 11.5 Å². The van der Waals surface area contributed by atoms with E-state index in [0.29, 0.717) is 17.3 Å². The molecule has 2 N–H and O–H groups in total. The van der Waals surface area contributed by atoms with Crippen LogP contribution in [0.15, 0.2) is 12.3 Å². The van der Waals surface area contributed by atoms with Crippen molar-refractivity contribution in [2.75, 3.05) is 17.2 Å².